The fraction of sp³-hybridized carbons (Fsp3) is 0.160. The van der Waals surface area contributed by atoms with Gasteiger partial charge in [-0.25, -0.2) is 9.67 Å². The number of aromatic nitrogens is 3. The summed E-state index contributed by atoms with van der Waals surface area (Å²) in [7, 11) is 0. The molecule has 4 aromatic rings. The van der Waals surface area contributed by atoms with Gasteiger partial charge in [0.1, 0.15) is 0 Å². The predicted molar refractivity (Wildman–Crippen MR) is 120 cm³/mol. The Morgan fingerprint density at radius 1 is 1.00 bits per heavy atom. The Hall–Kier alpha value is -4.13. The Morgan fingerprint density at radius 3 is 2.53 bits per heavy atom. The summed E-state index contributed by atoms with van der Waals surface area (Å²) < 4.78 is 12.7. The lowest BCUT2D eigenvalue weighted by Crippen LogP contribution is -2.30. The number of carbonyl (C=O) groups is 1. The van der Waals surface area contributed by atoms with Crippen molar-refractivity contribution in [3.8, 4) is 17.3 Å². The Labute approximate surface area is 185 Å². The molecule has 0 fully saturated rings. The summed E-state index contributed by atoms with van der Waals surface area (Å²) in [6, 6.07) is 20.9. The molecule has 0 spiro atoms. The van der Waals surface area contributed by atoms with Crippen LogP contribution in [0.3, 0.4) is 0 Å². The van der Waals surface area contributed by atoms with Gasteiger partial charge in [0.25, 0.3) is 5.91 Å². The standard InChI is InChI=1S/C25H22N4O3/c1-17-12-18(2)29(27-17)24-11-9-20(14-26-24)25(30)28(21-6-4-3-5-7-21)15-19-8-10-22-23(13-19)32-16-31-22/h3-14H,15-16H2,1-2H3. The summed E-state index contributed by atoms with van der Waals surface area (Å²) in [5, 5.41) is 4.46. The van der Waals surface area contributed by atoms with E-state index in [0.717, 1.165) is 28.4 Å². The van der Waals surface area contributed by atoms with Crippen molar-refractivity contribution in [2.75, 3.05) is 11.7 Å². The molecular weight excluding hydrogens is 404 g/mol. The van der Waals surface area contributed by atoms with E-state index in [0.29, 0.717) is 23.7 Å². The predicted octanol–water partition coefficient (Wildman–Crippen LogP) is 4.46. The summed E-state index contributed by atoms with van der Waals surface area (Å²) in [5.74, 6) is 1.95. The van der Waals surface area contributed by atoms with Crippen LogP contribution in [0.2, 0.25) is 0 Å². The highest BCUT2D eigenvalue weighted by Gasteiger charge is 2.21. The number of anilines is 1. The molecule has 0 saturated carbocycles. The van der Waals surface area contributed by atoms with Crippen molar-refractivity contribution >= 4 is 11.6 Å². The zero-order chi connectivity index (χ0) is 22.1. The summed E-state index contributed by atoms with van der Waals surface area (Å²) >= 11 is 0. The molecule has 5 rings (SSSR count). The molecule has 0 N–H and O–H groups in total. The number of carbonyl (C=O) groups excluding carboxylic acids is 1. The molecule has 0 atom stereocenters. The summed E-state index contributed by atoms with van der Waals surface area (Å²) in [6.07, 6.45) is 1.60. The van der Waals surface area contributed by atoms with Crippen molar-refractivity contribution in [1.29, 1.82) is 0 Å². The molecule has 0 saturated heterocycles. The summed E-state index contributed by atoms with van der Waals surface area (Å²) in [5.41, 5.74) is 4.16. The number of ether oxygens (including phenoxy) is 2. The maximum absolute atomic E-state index is 13.5. The second-order valence-electron chi connectivity index (χ2n) is 7.66. The first-order valence-corrected chi connectivity index (χ1v) is 10.3. The van der Waals surface area contributed by atoms with Crippen molar-refractivity contribution in [3.05, 3.63) is 95.4 Å². The molecule has 1 aliphatic heterocycles. The largest absolute Gasteiger partial charge is 0.454 e. The van der Waals surface area contributed by atoms with Gasteiger partial charge in [0.2, 0.25) is 6.79 Å². The Morgan fingerprint density at radius 2 is 1.81 bits per heavy atom. The first-order valence-electron chi connectivity index (χ1n) is 10.3. The van der Waals surface area contributed by atoms with Crippen LogP contribution in [0.4, 0.5) is 5.69 Å². The van der Waals surface area contributed by atoms with Gasteiger partial charge in [-0.05, 0) is 61.9 Å². The molecule has 0 bridgehead atoms. The second kappa shape index (κ2) is 8.19. The van der Waals surface area contributed by atoms with Crippen LogP contribution in [0.5, 0.6) is 11.5 Å². The molecular formula is C25H22N4O3. The van der Waals surface area contributed by atoms with Crippen LogP contribution in [0.25, 0.3) is 5.82 Å². The molecule has 3 heterocycles. The number of nitrogens with zero attached hydrogens (tertiary/aromatic N) is 4. The van der Waals surface area contributed by atoms with Gasteiger partial charge < -0.3 is 14.4 Å². The molecule has 0 unspecified atom stereocenters. The topological polar surface area (TPSA) is 69.5 Å². The number of rotatable bonds is 5. The van der Waals surface area contributed by atoms with Gasteiger partial charge in [0.15, 0.2) is 17.3 Å². The molecule has 0 radical (unpaired) electrons. The van der Waals surface area contributed by atoms with E-state index in [1.165, 1.54) is 0 Å². The average Bonchev–Trinajstić information content (AvgIpc) is 3.42. The van der Waals surface area contributed by atoms with Gasteiger partial charge in [-0.3, -0.25) is 4.79 Å². The molecule has 1 amide bonds. The zero-order valence-corrected chi connectivity index (χ0v) is 17.9. The van der Waals surface area contributed by atoms with Crippen LogP contribution in [0.1, 0.15) is 27.3 Å². The van der Waals surface area contributed by atoms with Gasteiger partial charge in [0, 0.05) is 17.6 Å². The molecule has 32 heavy (non-hydrogen) atoms. The van der Waals surface area contributed by atoms with Crippen LogP contribution in [-0.2, 0) is 6.54 Å². The number of aryl methyl sites for hydroxylation is 2. The molecule has 160 valence electrons. The lowest BCUT2D eigenvalue weighted by atomic mass is 10.1. The third-order valence-electron chi connectivity index (χ3n) is 5.31. The van der Waals surface area contributed by atoms with Crippen molar-refractivity contribution < 1.29 is 14.3 Å². The first-order chi connectivity index (χ1) is 15.6. The number of para-hydroxylation sites is 1. The van der Waals surface area contributed by atoms with Gasteiger partial charge in [-0.2, -0.15) is 5.10 Å². The molecule has 1 aliphatic rings. The van der Waals surface area contributed by atoms with Crippen molar-refractivity contribution in [2.24, 2.45) is 0 Å². The molecule has 0 aliphatic carbocycles. The maximum atomic E-state index is 13.5. The van der Waals surface area contributed by atoms with Crippen LogP contribution < -0.4 is 14.4 Å². The van der Waals surface area contributed by atoms with Gasteiger partial charge in [-0.1, -0.05) is 24.3 Å². The minimum absolute atomic E-state index is 0.138. The Bertz CT molecular complexity index is 1270. The third-order valence-corrected chi connectivity index (χ3v) is 5.31. The Balaban J connectivity index is 1.45. The molecule has 7 nitrogen and oxygen atoms in total. The van der Waals surface area contributed by atoms with E-state index >= 15 is 0 Å². The summed E-state index contributed by atoms with van der Waals surface area (Å²) in [6.45, 7) is 4.52. The average molecular weight is 426 g/mol. The van der Waals surface area contributed by atoms with Crippen LogP contribution >= 0.6 is 0 Å². The number of hydrogen-bond acceptors (Lipinski definition) is 5. The van der Waals surface area contributed by atoms with Gasteiger partial charge in [-0.15, -0.1) is 0 Å². The third kappa shape index (κ3) is 3.80. The molecule has 2 aromatic heterocycles. The lowest BCUT2D eigenvalue weighted by Gasteiger charge is -2.23. The van der Waals surface area contributed by atoms with Crippen LogP contribution in [0, 0.1) is 13.8 Å². The molecule has 7 heteroatoms. The monoisotopic (exact) mass is 426 g/mol. The first kappa shape index (κ1) is 19.8. The molecule has 2 aromatic carbocycles. The number of hydrogen-bond donors (Lipinski definition) is 0. The van der Waals surface area contributed by atoms with Crippen LogP contribution in [0.15, 0.2) is 72.9 Å². The minimum Gasteiger partial charge on any atom is -0.454 e. The number of fused-ring (bicyclic) bond motifs is 1. The highest BCUT2D eigenvalue weighted by Crippen LogP contribution is 2.33. The van der Waals surface area contributed by atoms with Crippen molar-refractivity contribution in [3.63, 3.8) is 0 Å². The number of amides is 1. The maximum Gasteiger partial charge on any atom is 0.260 e. The lowest BCUT2D eigenvalue weighted by molar-refractivity contribution is 0.0984. The van der Waals surface area contributed by atoms with E-state index in [-0.39, 0.29) is 12.7 Å². The quantitative estimate of drug-likeness (QED) is 0.471. The fourth-order valence-corrected chi connectivity index (χ4v) is 3.76. The Kier molecular flexibility index (Phi) is 5.07. The highest BCUT2D eigenvalue weighted by molar-refractivity contribution is 6.05. The smallest absolute Gasteiger partial charge is 0.260 e. The highest BCUT2D eigenvalue weighted by atomic mass is 16.7. The fourth-order valence-electron chi connectivity index (χ4n) is 3.76. The summed E-state index contributed by atoms with van der Waals surface area (Å²) in [4.78, 5) is 19.7. The van der Waals surface area contributed by atoms with Crippen molar-refractivity contribution in [2.45, 2.75) is 20.4 Å². The van der Waals surface area contributed by atoms with E-state index in [2.05, 4.69) is 10.1 Å². The van der Waals surface area contributed by atoms with Gasteiger partial charge in [0.05, 0.1) is 17.8 Å². The number of benzene rings is 2. The van der Waals surface area contributed by atoms with Gasteiger partial charge >= 0.3 is 0 Å². The van der Waals surface area contributed by atoms with E-state index in [4.69, 9.17) is 9.47 Å². The van der Waals surface area contributed by atoms with Crippen molar-refractivity contribution in [1.82, 2.24) is 14.8 Å². The van der Waals surface area contributed by atoms with E-state index in [9.17, 15) is 4.79 Å². The zero-order valence-electron chi connectivity index (χ0n) is 17.9. The van der Waals surface area contributed by atoms with Crippen LogP contribution in [-0.4, -0.2) is 27.5 Å². The number of pyridine rings is 1. The van der Waals surface area contributed by atoms with E-state index in [1.54, 1.807) is 21.8 Å². The SMILES string of the molecule is Cc1cc(C)n(-c2ccc(C(=O)N(Cc3ccc4c(c3)OCO4)c3ccccc3)cn2)n1. The van der Waals surface area contributed by atoms with E-state index in [1.807, 2.05) is 74.5 Å². The second-order valence-corrected chi connectivity index (χ2v) is 7.66. The normalized spacial score (nSPS) is 12.1. The minimum atomic E-state index is -0.138. The van der Waals surface area contributed by atoms with E-state index < -0.39 is 0 Å².